The molecular weight excluding hydrogens is 681 g/mol. The molecule has 0 unspecified atom stereocenters. The molecule has 1 aromatic heterocycles. The number of aromatic nitrogens is 2. The summed E-state index contributed by atoms with van der Waals surface area (Å²) in [4.78, 5) is 49.3. The Morgan fingerprint density at radius 2 is 1.85 bits per heavy atom. The standard InChI is InChI=1S/C39H50N6O6S/c1-25(2)45-32-18-17-26(3)21-31(32)41-37(45)51-29-22-33-34(46)42-39(36(48)43-52(49,50)38(4)19-20-38)23-27(39)13-9-6-5-7-12-16-30(35(47)44(33)24-29)40-28-14-10-8-11-15-28/h8-11,13-15,17-18,21,25,27,29-30,33,40H,5-7,12,16,19-20,22-24H2,1-4H3,(H,42,46)(H,43,48)/t27-,29-,30+,33+,39-/m1/s1. The lowest BCUT2D eigenvalue weighted by Gasteiger charge is -2.30. The average molecular weight is 731 g/mol. The van der Waals surface area contributed by atoms with E-state index in [2.05, 4.69) is 29.2 Å². The van der Waals surface area contributed by atoms with Gasteiger partial charge in [0.15, 0.2) is 0 Å². The van der Waals surface area contributed by atoms with Crippen LogP contribution < -0.4 is 20.1 Å². The number of imidazole rings is 1. The molecule has 12 nitrogen and oxygen atoms in total. The Morgan fingerprint density at radius 3 is 2.58 bits per heavy atom. The highest BCUT2D eigenvalue weighted by Gasteiger charge is 2.63. The second kappa shape index (κ2) is 13.9. The van der Waals surface area contributed by atoms with Crippen molar-refractivity contribution in [1.82, 2.24) is 24.5 Å². The first-order valence-electron chi connectivity index (χ1n) is 18.6. The van der Waals surface area contributed by atoms with Crippen molar-refractivity contribution in [3.05, 3.63) is 66.2 Å². The summed E-state index contributed by atoms with van der Waals surface area (Å²) in [6, 6.07) is 14.5. The van der Waals surface area contributed by atoms with Gasteiger partial charge in [0, 0.05) is 24.1 Å². The average Bonchev–Trinajstić information content (AvgIpc) is 3.92. The molecule has 278 valence electrons. The van der Waals surface area contributed by atoms with Gasteiger partial charge >= 0.3 is 0 Å². The van der Waals surface area contributed by atoms with Crippen LogP contribution in [0.15, 0.2) is 60.7 Å². The van der Waals surface area contributed by atoms with Gasteiger partial charge in [-0.3, -0.25) is 23.7 Å². The number of hydrogen-bond acceptors (Lipinski definition) is 8. The molecule has 2 aliphatic carbocycles. The highest BCUT2D eigenvalue weighted by molar-refractivity contribution is 7.91. The molecule has 1 saturated heterocycles. The second-order valence-electron chi connectivity index (χ2n) is 15.6. The van der Waals surface area contributed by atoms with Gasteiger partial charge in [0.25, 0.3) is 11.9 Å². The number of allylic oxidation sites excluding steroid dienone is 1. The number of sulfonamides is 1. The number of hydrogen-bond donors (Lipinski definition) is 3. The van der Waals surface area contributed by atoms with Crippen LogP contribution >= 0.6 is 0 Å². The van der Waals surface area contributed by atoms with Crippen LogP contribution in [-0.4, -0.2) is 75.6 Å². The van der Waals surface area contributed by atoms with Gasteiger partial charge in [-0.15, -0.1) is 0 Å². The Hall–Kier alpha value is -4.39. The topological polar surface area (TPSA) is 152 Å². The summed E-state index contributed by atoms with van der Waals surface area (Å²) in [7, 11) is -3.94. The van der Waals surface area contributed by atoms with Crippen LogP contribution in [-0.2, 0) is 24.4 Å². The van der Waals surface area contributed by atoms with Crippen molar-refractivity contribution in [2.45, 2.75) is 120 Å². The Morgan fingerprint density at radius 1 is 1.08 bits per heavy atom. The molecule has 2 aliphatic heterocycles. The normalized spacial score (nSPS) is 27.6. The number of amides is 3. The summed E-state index contributed by atoms with van der Waals surface area (Å²) in [6.45, 7) is 7.88. The number of ether oxygens (including phenoxy) is 1. The zero-order valence-electron chi connectivity index (χ0n) is 30.4. The quantitative estimate of drug-likeness (QED) is 0.270. The number of carbonyl (C=O) groups excluding carboxylic acids is 3. The summed E-state index contributed by atoms with van der Waals surface area (Å²) < 4.78 is 36.2. The van der Waals surface area contributed by atoms with Gasteiger partial charge in [-0.2, -0.15) is 4.98 Å². The molecule has 7 rings (SSSR count). The van der Waals surface area contributed by atoms with E-state index >= 15 is 0 Å². The number of fused-ring (bicyclic) bond motifs is 3. The van der Waals surface area contributed by atoms with Gasteiger partial charge in [0.05, 0.1) is 22.3 Å². The Bertz CT molecular complexity index is 1990. The summed E-state index contributed by atoms with van der Waals surface area (Å²) >= 11 is 0. The molecule has 3 fully saturated rings. The van der Waals surface area contributed by atoms with Gasteiger partial charge in [-0.25, -0.2) is 8.42 Å². The van der Waals surface area contributed by atoms with E-state index in [0.717, 1.165) is 48.0 Å². The van der Waals surface area contributed by atoms with Crippen molar-refractivity contribution in [3.8, 4) is 6.01 Å². The number of nitrogens with zero attached hydrogens (tertiary/aromatic N) is 3. The lowest BCUT2D eigenvalue weighted by Crippen LogP contribution is -2.58. The minimum Gasteiger partial charge on any atom is -0.459 e. The molecule has 0 radical (unpaired) electrons. The maximum atomic E-state index is 14.6. The summed E-state index contributed by atoms with van der Waals surface area (Å²) in [5.74, 6) is -1.85. The van der Waals surface area contributed by atoms with E-state index in [4.69, 9.17) is 9.72 Å². The Labute approximate surface area is 305 Å². The van der Waals surface area contributed by atoms with E-state index in [0.29, 0.717) is 25.3 Å². The van der Waals surface area contributed by atoms with Gasteiger partial charge in [0.2, 0.25) is 21.8 Å². The van der Waals surface area contributed by atoms with Crippen LogP contribution in [0.2, 0.25) is 0 Å². The van der Waals surface area contributed by atoms with Crippen molar-refractivity contribution in [1.29, 1.82) is 0 Å². The van der Waals surface area contributed by atoms with Crippen molar-refractivity contribution in [2.75, 3.05) is 11.9 Å². The molecule has 0 spiro atoms. The third-order valence-electron chi connectivity index (χ3n) is 11.2. The van der Waals surface area contributed by atoms with Gasteiger partial charge in [0.1, 0.15) is 23.7 Å². The number of rotatable bonds is 8. The van der Waals surface area contributed by atoms with Crippen LogP contribution in [0, 0.1) is 12.8 Å². The van der Waals surface area contributed by atoms with E-state index < -0.39 is 50.3 Å². The number of anilines is 1. The molecule has 5 atom stereocenters. The highest BCUT2D eigenvalue weighted by atomic mass is 32.2. The van der Waals surface area contributed by atoms with E-state index in [1.54, 1.807) is 11.8 Å². The third-order valence-corrected chi connectivity index (χ3v) is 13.4. The number of benzene rings is 2. The molecule has 3 amide bonds. The lowest BCUT2D eigenvalue weighted by atomic mass is 10.0. The first-order valence-corrected chi connectivity index (χ1v) is 20.1. The molecule has 52 heavy (non-hydrogen) atoms. The smallest absolute Gasteiger partial charge is 0.297 e. The fraction of sp³-hybridized carbons (Fsp3) is 0.538. The molecule has 0 bridgehead atoms. The maximum absolute atomic E-state index is 14.6. The van der Waals surface area contributed by atoms with Crippen LogP contribution in [0.3, 0.4) is 0 Å². The largest absolute Gasteiger partial charge is 0.459 e. The fourth-order valence-electron chi connectivity index (χ4n) is 7.60. The van der Waals surface area contributed by atoms with E-state index in [-0.39, 0.29) is 37.3 Å². The second-order valence-corrected chi connectivity index (χ2v) is 17.8. The Kier molecular flexibility index (Phi) is 9.60. The molecule has 13 heteroatoms. The fourth-order valence-corrected chi connectivity index (χ4v) is 8.91. The van der Waals surface area contributed by atoms with Crippen LogP contribution in [0.5, 0.6) is 6.01 Å². The minimum absolute atomic E-state index is 0.0337. The molecule has 3 heterocycles. The van der Waals surface area contributed by atoms with E-state index in [1.807, 2.05) is 72.2 Å². The minimum atomic E-state index is -3.94. The maximum Gasteiger partial charge on any atom is 0.297 e. The molecule has 4 aliphatic rings. The van der Waals surface area contributed by atoms with E-state index in [9.17, 15) is 22.8 Å². The van der Waals surface area contributed by atoms with Gasteiger partial charge in [-0.05, 0) is 96.0 Å². The Balaban J connectivity index is 1.21. The monoisotopic (exact) mass is 730 g/mol. The number of aryl methyl sites for hydroxylation is 1. The number of nitrogens with one attached hydrogen (secondary N) is 3. The van der Waals surface area contributed by atoms with Crippen LogP contribution in [0.25, 0.3) is 11.0 Å². The van der Waals surface area contributed by atoms with Crippen molar-refractivity contribution >= 4 is 44.5 Å². The van der Waals surface area contributed by atoms with Crippen molar-refractivity contribution in [2.24, 2.45) is 5.92 Å². The molecule has 2 aromatic carbocycles. The van der Waals surface area contributed by atoms with Crippen molar-refractivity contribution in [3.63, 3.8) is 0 Å². The molecular formula is C39H50N6O6S. The predicted octanol–water partition coefficient (Wildman–Crippen LogP) is 5.15. The molecule has 3 aromatic rings. The number of para-hydroxylation sites is 1. The SMILES string of the molecule is Cc1ccc2c(c1)nc(O[C@@H]1C[C@H]3C(=O)N[C@]4(C(=O)NS(=O)(=O)C5(C)CC5)C[C@H]4C=CCCCCC[C@H](Nc4ccccc4)C(=O)N3C1)n2C(C)C. The molecule has 2 saturated carbocycles. The van der Waals surface area contributed by atoms with Crippen LogP contribution in [0.4, 0.5) is 5.69 Å². The van der Waals surface area contributed by atoms with Gasteiger partial charge in [-0.1, -0.05) is 49.3 Å². The van der Waals surface area contributed by atoms with Crippen LogP contribution in [0.1, 0.15) is 90.2 Å². The summed E-state index contributed by atoms with van der Waals surface area (Å²) in [6.07, 6.45) is 8.70. The highest BCUT2D eigenvalue weighted by Crippen LogP contribution is 2.47. The third kappa shape index (κ3) is 7.03. The first-order chi connectivity index (χ1) is 24.8. The first kappa shape index (κ1) is 36.0. The van der Waals surface area contributed by atoms with Gasteiger partial charge < -0.3 is 20.3 Å². The number of carbonyl (C=O) groups is 3. The zero-order chi connectivity index (χ0) is 36.8. The summed E-state index contributed by atoms with van der Waals surface area (Å²) in [5, 5.41) is 6.40. The zero-order valence-corrected chi connectivity index (χ0v) is 31.2. The predicted molar refractivity (Wildman–Crippen MR) is 199 cm³/mol. The summed E-state index contributed by atoms with van der Waals surface area (Å²) in [5.41, 5.74) is 2.17. The van der Waals surface area contributed by atoms with Crippen molar-refractivity contribution < 1.29 is 27.5 Å². The lowest BCUT2D eigenvalue weighted by molar-refractivity contribution is -0.140. The molecule has 3 N–H and O–H groups in total. The van der Waals surface area contributed by atoms with E-state index in [1.165, 1.54) is 0 Å².